The van der Waals surface area contributed by atoms with Crippen LogP contribution in [0.15, 0.2) is 30.3 Å². The number of carbonyl (C=O) groups is 1. The van der Waals surface area contributed by atoms with E-state index in [1.165, 1.54) is 0 Å². The number of hydrogen-bond acceptors (Lipinski definition) is 4. The second-order valence-corrected chi connectivity index (χ2v) is 6.67. The third-order valence-electron chi connectivity index (χ3n) is 3.28. The minimum Gasteiger partial charge on any atom is -0.460 e. The Balaban J connectivity index is 2.91. The summed E-state index contributed by atoms with van der Waals surface area (Å²) < 4.78 is 50.5. The molecule has 1 aromatic rings. The quantitative estimate of drug-likeness (QED) is 0.711. The highest BCUT2D eigenvalue weighted by Crippen LogP contribution is 2.27. The first-order valence-corrected chi connectivity index (χ1v) is 8.20. The van der Waals surface area contributed by atoms with E-state index >= 15 is 0 Å². The van der Waals surface area contributed by atoms with Gasteiger partial charge in [0.25, 0.3) is 0 Å². The summed E-state index contributed by atoms with van der Waals surface area (Å²) >= 11 is 0. The van der Waals surface area contributed by atoms with Crippen LogP contribution < -0.4 is 5.32 Å². The van der Waals surface area contributed by atoms with Crippen LogP contribution in [0.2, 0.25) is 0 Å². The van der Waals surface area contributed by atoms with Crippen molar-refractivity contribution in [1.29, 1.82) is 0 Å². The van der Waals surface area contributed by atoms with Gasteiger partial charge in [-0.1, -0.05) is 30.3 Å². The number of halogens is 3. The van der Waals surface area contributed by atoms with Gasteiger partial charge in [-0.3, -0.25) is 10.1 Å². The van der Waals surface area contributed by atoms with E-state index in [2.05, 4.69) is 5.32 Å². The molecule has 0 heterocycles. The maximum Gasteiger partial charge on any atom is 0.404 e. The Morgan fingerprint density at radius 1 is 1.16 bits per heavy atom. The normalized spacial score (nSPS) is 14.8. The summed E-state index contributed by atoms with van der Waals surface area (Å²) in [5.41, 5.74) is -0.174. The summed E-state index contributed by atoms with van der Waals surface area (Å²) in [5, 5.41) is 2.51. The second kappa shape index (κ2) is 9.20. The Kier molecular flexibility index (Phi) is 7.89. The number of benzene rings is 1. The van der Waals surface area contributed by atoms with E-state index in [1.54, 1.807) is 58.0 Å². The molecule has 0 aromatic heterocycles. The third kappa shape index (κ3) is 8.36. The molecule has 0 saturated carbocycles. The third-order valence-corrected chi connectivity index (χ3v) is 3.28. The van der Waals surface area contributed by atoms with Crippen LogP contribution in [0.5, 0.6) is 0 Å². The van der Waals surface area contributed by atoms with Crippen LogP contribution in [-0.4, -0.2) is 37.0 Å². The molecule has 1 N–H and O–H groups in total. The van der Waals surface area contributed by atoms with Crippen molar-refractivity contribution in [2.24, 2.45) is 0 Å². The Bertz CT molecular complexity index is 527. The fourth-order valence-corrected chi connectivity index (χ4v) is 2.22. The van der Waals surface area contributed by atoms with Crippen molar-refractivity contribution >= 4 is 5.97 Å². The Morgan fingerprint density at radius 3 is 2.24 bits per heavy atom. The first-order chi connectivity index (χ1) is 11.5. The van der Waals surface area contributed by atoms with Gasteiger partial charge in [0.15, 0.2) is 0 Å². The van der Waals surface area contributed by atoms with Crippen LogP contribution >= 0.6 is 0 Å². The predicted octanol–water partition coefficient (Wildman–Crippen LogP) is 4.02. The van der Waals surface area contributed by atoms with Gasteiger partial charge in [-0.2, -0.15) is 13.2 Å². The van der Waals surface area contributed by atoms with Gasteiger partial charge in [-0.25, -0.2) is 0 Å². The molecule has 0 unspecified atom stereocenters. The Morgan fingerprint density at radius 2 is 1.76 bits per heavy atom. The molecule has 0 amide bonds. The zero-order valence-electron chi connectivity index (χ0n) is 15.0. The van der Waals surface area contributed by atoms with Gasteiger partial charge in [0, 0.05) is 6.61 Å². The van der Waals surface area contributed by atoms with Crippen LogP contribution in [0.1, 0.15) is 45.7 Å². The zero-order chi connectivity index (χ0) is 19.1. The molecule has 2 atom stereocenters. The van der Waals surface area contributed by atoms with E-state index in [4.69, 9.17) is 9.47 Å². The van der Waals surface area contributed by atoms with Crippen LogP contribution in [0.4, 0.5) is 13.2 Å². The maximum atomic E-state index is 13.4. The molecule has 4 nitrogen and oxygen atoms in total. The van der Waals surface area contributed by atoms with Gasteiger partial charge >= 0.3 is 12.1 Å². The molecule has 142 valence electrons. The van der Waals surface area contributed by atoms with Crippen LogP contribution in [0, 0.1) is 0 Å². The van der Waals surface area contributed by atoms with E-state index in [-0.39, 0.29) is 6.61 Å². The van der Waals surface area contributed by atoms with Gasteiger partial charge in [0.1, 0.15) is 11.6 Å². The average molecular weight is 361 g/mol. The van der Waals surface area contributed by atoms with Gasteiger partial charge in [-0.05, 0) is 33.3 Å². The lowest BCUT2D eigenvalue weighted by molar-refractivity contribution is -0.177. The number of nitrogens with one attached hydrogen (secondary N) is 1. The molecule has 0 saturated heterocycles. The van der Waals surface area contributed by atoms with E-state index < -0.39 is 36.3 Å². The molecule has 0 radical (unpaired) electrons. The van der Waals surface area contributed by atoms with E-state index in [0.717, 1.165) is 0 Å². The molecular formula is C18H26F3NO3. The summed E-state index contributed by atoms with van der Waals surface area (Å²) in [5.74, 6) is -0.898. The highest BCUT2D eigenvalue weighted by molar-refractivity contribution is 5.70. The number of alkyl halides is 3. The molecule has 25 heavy (non-hydrogen) atoms. The minimum absolute atomic E-state index is 0.0708. The smallest absolute Gasteiger partial charge is 0.404 e. The molecule has 0 aliphatic carbocycles. The fourth-order valence-electron chi connectivity index (χ4n) is 2.22. The number of ether oxygens (including phenoxy) is 2. The van der Waals surface area contributed by atoms with E-state index in [0.29, 0.717) is 12.2 Å². The maximum absolute atomic E-state index is 13.4. The molecule has 0 spiro atoms. The predicted molar refractivity (Wildman–Crippen MR) is 89.1 cm³/mol. The van der Waals surface area contributed by atoms with Crippen molar-refractivity contribution in [1.82, 2.24) is 5.32 Å². The first kappa shape index (κ1) is 21.4. The molecule has 0 bridgehead atoms. The molecule has 0 fully saturated rings. The summed E-state index contributed by atoms with van der Waals surface area (Å²) in [6, 6.07) is 6.00. The Hall–Kier alpha value is -1.60. The summed E-state index contributed by atoms with van der Waals surface area (Å²) in [6.07, 6.45) is -5.38. The average Bonchev–Trinajstić information content (AvgIpc) is 2.48. The van der Waals surface area contributed by atoms with Crippen LogP contribution in [0.25, 0.3) is 0 Å². The molecule has 0 aliphatic rings. The molecule has 1 rings (SSSR count). The standard InChI is InChI=1S/C18H26F3NO3/c1-5-24-12-14(13-9-7-6-8-10-13)22-15(18(19,20)21)11-16(23)25-17(2,3)4/h6-10,14-15,22H,5,11-12H2,1-4H3/t14-,15+/m1/s1. The highest BCUT2D eigenvalue weighted by Gasteiger charge is 2.43. The molecule has 7 heteroatoms. The van der Waals surface area contributed by atoms with Crippen LogP contribution in [0.3, 0.4) is 0 Å². The van der Waals surface area contributed by atoms with E-state index in [9.17, 15) is 18.0 Å². The monoisotopic (exact) mass is 361 g/mol. The topological polar surface area (TPSA) is 47.6 Å². The number of hydrogen-bond donors (Lipinski definition) is 1. The van der Waals surface area contributed by atoms with Gasteiger partial charge in [0.2, 0.25) is 0 Å². The van der Waals surface area contributed by atoms with Gasteiger partial charge in [0.05, 0.1) is 19.1 Å². The van der Waals surface area contributed by atoms with Gasteiger partial charge < -0.3 is 9.47 Å². The molecule has 0 aliphatic heterocycles. The summed E-state index contributed by atoms with van der Waals surface area (Å²) in [4.78, 5) is 11.9. The lowest BCUT2D eigenvalue weighted by atomic mass is 10.0. The first-order valence-electron chi connectivity index (χ1n) is 8.20. The largest absolute Gasteiger partial charge is 0.460 e. The van der Waals surface area contributed by atoms with Crippen molar-refractivity contribution in [3.63, 3.8) is 0 Å². The second-order valence-electron chi connectivity index (χ2n) is 6.67. The summed E-state index contributed by atoms with van der Waals surface area (Å²) in [6.45, 7) is 7.06. The van der Waals surface area contributed by atoms with Crippen molar-refractivity contribution in [3.05, 3.63) is 35.9 Å². The zero-order valence-corrected chi connectivity index (χ0v) is 15.0. The highest BCUT2D eigenvalue weighted by atomic mass is 19.4. The number of carbonyl (C=O) groups excluding carboxylic acids is 1. The molecular weight excluding hydrogens is 335 g/mol. The van der Waals surface area contributed by atoms with Crippen molar-refractivity contribution in [3.8, 4) is 0 Å². The summed E-state index contributed by atoms with van der Waals surface area (Å²) in [7, 11) is 0. The SMILES string of the molecule is CCOC[C@@H](N[C@@H](CC(=O)OC(C)(C)C)C(F)(F)F)c1ccccc1. The number of rotatable bonds is 8. The van der Waals surface area contributed by atoms with Crippen LogP contribution in [-0.2, 0) is 14.3 Å². The number of esters is 1. The minimum atomic E-state index is -4.59. The van der Waals surface area contributed by atoms with Gasteiger partial charge in [-0.15, -0.1) is 0 Å². The molecule has 1 aromatic carbocycles. The lowest BCUT2D eigenvalue weighted by Gasteiger charge is -2.28. The lowest BCUT2D eigenvalue weighted by Crippen LogP contribution is -2.47. The fraction of sp³-hybridized carbons (Fsp3) is 0.611. The van der Waals surface area contributed by atoms with Crippen molar-refractivity contribution < 1.29 is 27.4 Å². The Labute approximate surface area is 146 Å². The van der Waals surface area contributed by atoms with Crippen molar-refractivity contribution in [2.75, 3.05) is 13.2 Å². The van der Waals surface area contributed by atoms with E-state index in [1.807, 2.05) is 0 Å². The van der Waals surface area contributed by atoms with Crippen molar-refractivity contribution in [2.45, 2.75) is 58.0 Å².